The van der Waals surface area contributed by atoms with Crippen LogP contribution < -0.4 is 5.73 Å². The minimum absolute atomic E-state index is 0.191. The van der Waals surface area contributed by atoms with E-state index in [9.17, 15) is 22.0 Å². The minimum Gasteiger partial charge on any atom is -0.326 e. The summed E-state index contributed by atoms with van der Waals surface area (Å²) >= 11 is 0. The van der Waals surface area contributed by atoms with Crippen LogP contribution in [0.15, 0.2) is 24.3 Å². The van der Waals surface area contributed by atoms with Gasteiger partial charge in [0.25, 0.3) is 0 Å². The molecular formula is C12H14F5N. The van der Waals surface area contributed by atoms with E-state index in [0.717, 1.165) is 11.1 Å². The zero-order valence-corrected chi connectivity index (χ0v) is 9.61. The molecule has 0 heterocycles. The Morgan fingerprint density at radius 2 is 1.39 bits per heavy atom. The fraction of sp³-hybridized carbons (Fsp3) is 0.500. The Hall–Kier alpha value is -1.17. The SMILES string of the molecule is NCc1ccc(CCCC(F)(F)C(F)(F)F)cc1. The van der Waals surface area contributed by atoms with Crippen molar-refractivity contribution in [1.82, 2.24) is 0 Å². The van der Waals surface area contributed by atoms with E-state index in [1.54, 1.807) is 24.3 Å². The van der Waals surface area contributed by atoms with E-state index in [1.165, 1.54) is 0 Å². The Bertz CT molecular complexity index is 369. The maximum Gasteiger partial charge on any atom is 0.453 e. The molecule has 0 saturated heterocycles. The lowest BCUT2D eigenvalue weighted by molar-refractivity contribution is -0.284. The van der Waals surface area contributed by atoms with Gasteiger partial charge in [0.2, 0.25) is 0 Å². The van der Waals surface area contributed by atoms with Crippen molar-refractivity contribution in [2.24, 2.45) is 5.73 Å². The predicted molar refractivity (Wildman–Crippen MR) is 58.3 cm³/mol. The van der Waals surface area contributed by atoms with Gasteiger partial charge in [0.15, 0.2) is 0 Å². The maximum absolute atomic E-state index is 12.6. The number of alkyl halides is 5. The van der Waals surface area contributed by atoms with Crippen LogP contribution in [0.5, 0.6) is 0 Å². The molecule has 1 rings (SSSR count). The first-order valence-electron chi connectivity index (χ1n) is 5.49. The first kappa shape index (κ1) is 14.9. The molecule has 0 amide bonds. The average Bonchev–Trinajstić information content (AvgIpc) is 2.28. The van der Waals surface area contributed by atoms with Crippen LogP contribution in [0.2, 0.25) is 0 Å². The van der Waals surface area contributed by atoms with Crippen LogP contribution in [0.1, 0.15) is 24.0 Å². The van der Waals surface area contributed by atoms with Crippen LogP contribution >= 0.6 is 0 Å². The highest BCUT2D eigenvalue weighted by Crippen LogP contribution is 2.39. The normalized spacial score (nSPS) is 12.8. The van der Waals surface area contributed by atoms with Gasteiger partial charge in [0, 0.05) is 13.0 Å². The molecule has 0 aliphatic carbocycles. The van der Waals surface area contributed by atoms with Gasteiger partial charge in [-0.3, -0.25) is 0 Å². The minimum atomic E-state index is -5.46. The summed E-state index contributed by atoms with van der Waals surface area (Å²) < 4.78 is 60.9. The number of nitrogens with two attached hydrogens (primary N) is 1. The molecule has 1 aromatic rings. The van der Waals surface area contributed by atoms with Crippen LogP contribution in [-0.2, 0) is 13.0 Å². The van der Waals surface area contributed by atoms with Gasteiger partial charge in [-0.25, -0.2) is 0 Å². The number of benzene rings is 1. The van der Waals surface area contributed by atoms with Crippen molar-refractivity contribution in [3.63, 3.8) is 0 Å². The first-order chi connectivity index (χ1) is 8.26. The molecule has 0 aromatic heterocycles. The molecule has 0 fully saturated rings. The van der Waals surface area contributed by atoms with Crippen molar-refractivity contribution in [1.29, 1.82) is 0 Å². The van der Waals surface area contributed by atoms with Crippen molar-refractivity contribution in [2.75, 3.05) is 0 Å². The lowest BCUT2D eigenvalue weighted by atomic mass is 10.0. The van der Waals surface area contributed by atoms with Gasteiger partial charge in [-0.15, -0.1) is 0 Å². The predicted octanol–water partition coefficient (Wildman–Crippen LogP) is 3.67. The Labute approximate surface area is 102 Å². The summed E-state index contributed by atoms with van der Waals surface area (Å²) in [4.78, 5) is 0. The molecule has 6 heteroatoms. The third-order valence-electron chi connectivity index (χ3n) is 2.63. The molecule has 1 aromatic carbocycles. The largest absolute Gasteiger partial charge is 0.453 e. The molecule has 0 radical (unpaired) electrons. The molecule has 0 saturated carbocycles. The van der Waals surface area contributed by atoms with E-state index in [0.29, 0.717) is 6.54 Å². The van der Waals surface area contributed by atoms with E-state index in [4.69, 9.17) is 5.73 Å². The molecule has 2 N–H and O–H groups in total. The van der Waals surface area contributed by atoms with Crippen molar-refractivity contribution < 1.29 is 22.0 Å². The standard InChI is InChI=1S/C12H14F5N/c13-11(14,12(15,16)17)7-1-2-9-3-5-10(8-18)6-4-9/h3-6H,1-2,7-8,18H2. The smallest absolute Gasteiger partial charge is 0.326 e. The molecule has 0 aliphatic rings. The van der Waals surface area contributed by atoms with Gasteiger partial charge in [-0.2, -0.15) is 22.0 Å². The summed E-state index contributed by atoms with van der Waals surface area (Å²) in [5, 5.41) is 0. The summed E-state index contributed by atoms with van der Waals surface area (Å²) in [5.41, 5.74) is 7.00. The van der Waals surface area contributed by atoms with E-state index in [2.05, 4.69) is 0 Å². The molecule has 0 aliphatic heterocycles. The van der Waals surface area contributed by atoms with Gasteiger partial charge in [0.05, 0.1) is 0 Å². The quantitative estimate of drug-likeness (QED) is 0.809. The number of rotatable bonds is 5. The van der Waals surface area contributed by atoms with Crippen molar-refractivity contribution in [3.8, 4) is 0 Å². The van der Waals surface area contributed by atoms with Crippen LogP contribution in [0.3, 0.4) is 0 Å². The average molecular weight is 267 g/mol. The molecule has 0 spiro atoms. The second-order valence-corrected chi connectivity index (χ2v) is 4.08. The Kier molecular flexibility index (Phi) is 4.67. The lowest BCUT2D eigenvalue weighted by Gasteiger charge is -2.19. The van der Waals surface area contributed by atoms with Crippen LogP contribution in [0.25, 0.3) is 0 Å². The van der Waals surface area contributed by atoms with Crippen LogP contribution in [0.4, 0.5) is 22.0 Å². The van der Waals surface area contributed by atoms with Crippen molar-refractivity contribution in [2.45, 2.75) is 37.9 Å². The Morgan fingerprint density at radius 3 is 1.83 bits per heavy atom. The third-order valence-corrected chi connectivity index (χ3v) is 2.63. The molecule has 102 valence electrons. The second-order valence-electron chi connectivity index (χ2n) is 4.08. The molecular weight excluding hydrogens is 253 g/mol. The highest BCUT2D eigenvalue weighted by Gasteiger charge is 2.56. The number of hydrogen-bond acceptors (Lipinski definition) is 1. The molecule has 18 heavy (non-hydrogen) atoms. The van der Waals surface area contributed by atoms with E-state index in [-0.39, 0.29) is 12.8 Å². The fourth-order valence-corrected chi connectivity index (χ4v) is 1.50. The number of aryl methyl sites for hydroxylation is 1. The van der Waals surface area contributed by atoms with Gasteiger partial charge in [-0.1, -0.05) is 24.3 Å². The zero-order chi connectivity index (χ0) is 13.8. The highest BCUT2D eigenvalue weighted by molar-refractivity contribution is 5.22. The molecule has 0 atom stereocenters. The van der Waals surface area contributed by atoms with E-state index < -0.39 is 18.5 Å². The van der Waals surface area contributed by atoms with E-state index in [1.807, 2.05) is 0 Å². The molecule has 0 unspecified atom stereocenters. The summed E-state index contributed by atoms with van der Waals surface area (Å²) in [7, 11) is 0. The van der Waals surface area contributed by atoms with Gasteiger partial charge in [-0.05, 0) is 24.0 Å². The van der Waals surface area contributed by atoms with Crippen molar-refractivity contribution in [3.05, 3.63) is 35.4 Å². The third kappa shape index (κ3) is 3.94. The molecule has 0 bridgehead atoms. The van der Waals surface area contributed by atoms with Crippen LogP contribution in [0, 0.1) is 0 Å². The second kappa shape index (κ2) is 5.65. The topological polar surface area (TPSA) is 26.0 Å². The first-order valence-corrected chi connectivity index (χ1v) is 5.49. The summed E-state index contributed by atoms with van der Waals surface area (Å²) in [6.45, 7) is 0.367. The highest BCUT2D eigenvalue weighted by atomic mass is 19.4. The fourth-order valence-electron chi connectivity index (χ4n) is 1.50. The number of halogens is 5. The summed E-state index contributed by atoms with van der Waals surface area (Å²) in [5.74, 6) is -4.61. The lowest BCUT2D eigenvalue weighted by Crippen LogP contribution is -2.36. The van der Waals surface area contributed by atoms with Gasteiger partial charge in [0.1, 0.15) is 0 Å². The number of hydrogen-bond donors (Lipinski definition) is 1. The zero-order valence-electron chi connectivity index (χ0n) is 9.61. The maximum atomic E-state index is 12.6. The van der Waals surface area contributed by atoms with E-state index >= 15 is 0 Å². The van der Waals surface area contributed by atoms with Crippen molar-refractivity contribution >= 4 is 0 Å². The van der Waals surface area contributed by atoms with Gasteiger partial charge >= 0.3 is 12.1 Å². The summed E-state index contributed by atoms with van der Waals surface area (Å²) in [6, 6.07) is 6.84. The Morgan fingerprint density at radius 1 is 0.889 bits per heavy atom. The van der Waals surface area contributed by atoms with Gasteiger partial charge < -0.3 is 5.73 Å². The summed E-state index contributed by atoms with van der Waals surface area (Å²) in [6.07, 6.45) is -6.67. The Balaban J connectivity index is 2.46. The molecule has 1 nitrogen and oxygen atoms in total. The van der Waals surface area contributed by atoms with Crippen LogP contribution in [-0.4, -0.2) is 12.1 Å². The monoisotopic (exact) mass is 267 g/mol.